The standard InChI is InChI=1S/C13H19N3O4/c1-13(2,19-3)12(17)15-9-4-6-10(7-5-9)20-8-11(14)16-18/h4-7,18H,8H2,1-3H3,(H2,14,16)(H,15,17). The topological polar surface area (TPSA) is 106 Å². The van der Waals surface area contributed by atoms with E-state index < -0.39 is 5.60 Å². The number of rotatable bonds is 6. The lowest BCUT2D eigenvalue weighted by Crippen LogP contribution is -2.38. The monoisotopic (exact) mass is 281 g/mol. The van der Waals surface area contributed by atoms with Crippen molar-refractivity contribution in [2.45, 2.75) is 19.4 Å². The van der Waals surface area contributed by atoms with Gasteiger partial charge in [0, 0.05) is 12.8 Å². The van der Waals surface area contributed by atoms with Crippen molar-refractivity contribution in [3.05, 3.63) is 24.3 Å². The Kier molecular flexibility index (Phi) is 5.33. The summed E-state index contributed by atoms with van der Waals surface area (Å²) in [5, 5.41) is 13.9. The molecule has 1 amide bonds. The van der Waals surface area contributed by atoms with Crippen LogP contribution in [-0.2, 0) is 9.53 Å². The molecular weight excluding hydrogens is 262 g/mol. The van der Waals surface area contributed by atoms with E-state index in [0.29, 0.717) is 11.4 Å². The predicted octanol–water partition coefficient (Wildman–Crippen LogP) is 1.18. The van der Waals surface area contributed by atoms with Crippen molar-refractivity contribution < 1.29 is 19.5 Å². The average Bonchev–Trinajstić information content (AvgIpc) is 2.46. The number of ether oxygens (including phenoxy) is 2. The van der Waals surface area contributed by atoms with Crippen LogP contribution in [0.4, 0.5) is 5.69 Å². The van der Waals surface area contributed by atoms with E-state index in [-0.39, 0.29) is 18.3 Å². The van der Waals surface area contributed by atoms with Crippen LogP contribution in [0.2, 0.25) is 0 Å². The number of nitrogens with two attached hydrogens (primary N) is 1. The van der Waals surface area contributed by atoms with Gasteiger partial charge in [-0.1, -0.05) is 5.16 Å². The molecule has 20 heavy (non-hydrogen) atoms. The normalized spacial score (nSPS) is 12.1. The highest BCUT2D eigenvalue weighted by Gasteiger charge is 2.26. The van der Waals surface area contributed by atoms with Crippen LogP contribution in [0.3, 0.4) is 0 Å². The number of oxime groups is 1. The first-order valence-corrected chi connectivity index (χ1v) is 5.95. The van der Waals surface area contributed by atoms with E-state index in [9.17, 15) is 4.79 Å². The number of hydrogen-bond acceptors (Lipinski definition) is 5. The second kappa shape index (κ2) is 6.76. The molecule has 0 saturated heterocycles. The fourth-order valence-electron chi connectivity index (χ4n) is 1.19. The van der Waals surface area contributed by atoms with Gasteiger partial charge < -0.3 is 25.7 Å². The molecule has 0 spiro atoms. The van der Waals surface area contributed by atoms with Crippen LogP contribution in [0.25, 0.3) is 0 Å². The molecule has 0 unspecified atom stereocenters. The second-order valence-electron chi connectivity index (χ2n) is 4.57. The number of nitrogens with zero attached hydrogens (tertiary/aromatic N) is 1. The second-order valence-corrected chi connectivity index (χ2v) is 4.57. The van der Waals surface area contributed by atoms with Crippen LogP contribution < -0.4 is 15.8 Å². The number of benzene rings is 1. The Bertz CT molecular complexity index is 483. The third kappa shape index (κ3) is 4.43. The van der Waals surface area contributed by atoms with Gasteiger partial charge in [-0.3, -0.25) is 4.79 Å². The van der Waals surface area contributed by atoms with Crippen LogP contribution in [0, 0.1) is 0 Å². The Hall–Kier alpha value is -2.28. The maximum absolute atomic E-state index is 11.9. The van der Waals surface area contributed by atoms with Crippen LogP contribution >= 0.6 is 0 Å². The molecular formula is C13H19N3O4. The fourth-order valence-corrected chi connectivity index (χ4v) is 1.19. The summed E-state index contributed by atoms with van der Waals surface area (Å²) < 4.78 is 10.3. The summed E-state index contributed by atoms with van der Waals surface area (Å²) in [6.07, 6.45) is 0. The van der Waals surface area contributed by atoms with Crippen molar-refractivity contribution in [2.75, 3.05) is 19.0 Å². The number of methoxy groups -OCH3 is 1. The smallest absolute Gasteiger partial charge is 0.256 e. The Morgan fingerprint density at radius 3 is 2.50 bits per heavy atom. The summed E-state index contributed by atoms with van der Waals surface area (Å²) in [6, 6.07) is 6.71. The quantitative estimate of drug-likeness (QED) is 0.314. The zero-order valence-electron chi connectivity index (χ0n) is 11.7. The molecule has 0 aliphatic rings. The van der Waals surface area contributed by atoms with Gasteiger partial charge in [0.15, 0.2) is 5.84 Å². The molecule has 110 valence electrons. The molecule has 0 aromatic heterocycles. The van der Waals surface area contributed by atoms with Crippen molar-refractivity contribution in [1.82, 2.24) is 0 Å². The Labute approximate surface area is 117 Å². The van der Waals surface area contributed by atoms with E-state index >= 15 is 0 Å². The van der Waals surface area contributed by atoms with Gasteiger partial charge in [0.25, 0.3) is 5.91 Å². The van der Waals surface area contributed by atoms with E-state index in [1.54, 1.807) is 38.1 Å². The first-order valence-electron chi connectivity index (χ1n) is 5.95. The minimum absolute atomic E-state index is 0.0150. The van der Waals surface area contributed by atoms with Gasteiger partial charge in [-0.25, -0.2) is 0 Å². The van der Waals surface area contributed by atoms with Crippen LogP contribution in [0.15, 0.2) is 29.4 Å². The van der Waals surface area contributed by atoms with E-state index in [0.717, 1.165) is 0 Å². The van der Waals surface area contributed by atoms with Gasteiger partial charge >= 0.3 is 0 Å². The van der Waals surface area contributed by atoms with Crippen molar-refractivity contribution in [1.29, 1.82) is 0 Å². The van der Waals surface area contributed by atoms with Gasteiger partial charge in [-0.15, -0.1) is 0 Å². The predicted molar refractivity (Wildman–Crippen MR) is 75.1 cm³/mol. The van der Waals surface area contributed by atoms with Gasteiger partial charge in [0.05, 0.1) is 0 Å². The van der Waals surface area contributed by atoms with E-state index in [2.05, 4.69) is 10.5 Å². The number of carbonyl (C=O) groups is 1. The highest BCUT2D eigenvalue weighted by atomic mass is 16.5. The third-order valence-corrected chi connectivity index (χ3v) is 2.68. The molecule has 1 aromatic rings. The highest BCUT2D eigenvalue weighted by Crippen LogP contribution is 2.18. The Morgan fingerprint density at radius 2 is 2.00 bits per heavy atom. The summed E-state index contributed by atoms with van der Waals surface area (Å²) >= 11 is 0. The molecule has 0 saturated carbocycles. The van der Waals surface area contributed by atoms with E-state index in [1.807, 2.05) is 0 Å². The molecule has 1 rings (SSSR count). The molecule has 1 aromatic carbocycles. The Morgan fingerprint density at radius 1 is 1.40 bits per heavy atom. The maximum Gasteiger partial charge on any atom is 0.256 e. The number of anilines is 1. The lowest BCUT2D eigenvalue weighted by Gasteiger charge is -2.21. The fraction of sp³-hybridized carbons (Fsp3) is 0.385. The van der Waals surface area contributed by atoms with Crippen LogP contribution in [-0.4, -0.2) is 36.3 Å². The maximum atomic E-state index is 11.9. The SMILES string of the molecule is COC(C)(C)C(=O)Nc1ccc(OC/C(N)=N/O)cc1. The summed E-state index contributed by atoms with van der Waals surface area (Å²) in [5.74, 6) is 0.273. The average molecular weight is 281 g/mol. The number of hydrogen-bond donors (Lipinski definition) is 3. The molecule has 0 fully saturated rings. The summed E-state index contributed by atoms with van der Waals surface area (Å²) in [5.41, 5.74) is 5.00. The summed E-state index contributed by atoms with van der Waals surface area (Å²) in [7, 11) is 1.48. The lowest BCUT2D eigenvalue weighted by atomic mass is 10.1. The van der Waals surface area contributed by atoms with Crippen LogP contribution in [0.1, 0.15) is 13.8 Å². The number of amides is 1. The first kappa shape index (κ1) is 15.8. The molecule has 7 nitrogen and oxygen atoms in total. The van der Waals surface area contributed by atoms with Crippen molar-refractivity contribution >= 4 is 17.4 Å². The Balaban J connectivity index is 2.61. The number of nitrogens with one attached hydrogen (secondary N) is 1. The number of carbonyl (C=O) groups excluding carboxylic acids is 1. The van der Waals surface area contributed by atoms with Gasteiger partial charge in [0.2, 0.25) is 0 Å². The molecule has 7 heteroatoms. The third-order valence-electron chi connectivity index (χ3n) is 2.68. The van der Waals surface area contributed by atoms with E-state index in [1.165, 1.54) is 7.11 Å². The van der Waals surface area contributed by atoms with Gasteiger partial charge in [-0.05, 0) is 38.1 Å². The number of amidine groups is 1. The molecule has 0 atom stereocenters. The minimum Gasteiger partial charge on any atom is -0.486 e. The molecule has 0 aliphatic carbocycles. The molecule has 0 heterocycles. The zero-order valence-corrected chi connectivity index (χ0v) is 11.7. The van der Waals surface area contributed by atoms with Crippen molar-refractivity contribution in [3.63, 3.8) is 0 Å². The van der Waals surface area contributed by atoms with Crippen LogP contribution in [0.5, 0.6) is 5.75 Å². The largest absolute Gasteiger partial charge is 0.486 e. The van der Waals surface area contributed by atoms with Gasteiger partial charge in [-0.2, -0.15) is 0 Å². The highest BCUT2D eigenvalue weighted by molar-refractivity contribution is 5.96. The molecule has 0 bridgehead atoms. The van der Waals surface area contributed by atoms with Crippen molar-refractivity contribution in [3.8, 4) is 5.75 Å². The first-order chi connectivity index (χ1) is 9.39. The summed E-state index contributed by atoms with van der Waals surface area (Å²) in [4.78, 5) is 11.9. The van der Waals surface area contributed by atoms with Gasteiger partial charge in [0.1, 0.15) is 18.0 Å². The van der Waals surface area contributed by atoms with E-state index in [4.69, 9.17) is 20.4 Å². The molecule has 0 radical (unpaired) electrons. The molecule has 0 aliphatic heterocycles. The minimum atomic E-state index is -0.902. The van der Waals surface area contributed by atoms with Crippen molar-refractivity contribution in [2.24, 2.45) is 10.9 Å². The zero-order chi connectivity index (χ0) is 15.2. The lowest BCUT2D eigenvalue weighted by molar-refractivity contribution is -0.133. The summed E-state index contributed by atoms with van der Waals surface area (Å²) in [6.45, 7) is 3.34. The molecule has 4 N–H and O–H groups in total.